The number of likely N-dealkylation sites (tertiary alicyclic amines) is 2. The molecule has 124 valence electrons. The lowest BCUT2D eigenvalue weighted by Gasteiger charge is -2.41. The van der Waals surface area contributed by atoms with E-state index >= 15 is 0 Å². The third kappa shape index (κ3) is 3.00. The van der Waals surface area contributed by atoms with Crippen molar-refractivity contribution in [1.29, 1.82) is 0 Å². The number of piperidine rings is 1. The minimum atomic E-state index is 0.140. The van der Waals surface area contributed by atoms with Crippen molar-refractivity contribution >= 4 is 5.91 Å². The van der Waals surface area contributed by atoms with Crippen molar-refractivity contribution < 1.29 is 9.53 Å². The topological polar surface area (TPSA) is 45.7 Å². The van der Waals surface area contributed by atoms with Gasteiger partial charge in [0, 0.05) is 38.1 Å². The Hall–Kier alpha value is -1.46. The summed E-state index contributed by atoms with van der Waals surface area (Å²) in [5, 5.41) is 0. The Morgan fingerprint density at radius 2 is 2.09 bits per heavy atom. The molecule has 1 unspecified atom stereocenters. The number of pyridine rings is 1. The van der Waals surface area contributed by atoms with E-state index in [0.29, 0.717) is 17.0 Å². The molecule has 0 N–H and O–H groups in total. The summed E-state index contributed by atoms with van der Waals surface area (Å²) in [7, 11) is 0. The maximum Gasteiger partial charge on any atom is 0.255 e. The first-order valence-corrected chi connectivity index (χ1v) is 8.77. The van der Waals surface area contributed by atoms with Crippen LogP contribution in [0, 0.1) is 5.41 Å². The molecule has 4 heterocycles. The highest BCUT2D eigenvalue weighted by atomic mass is 16.5. The molecule has 3 aliphatic heterocycles. The fraction of sp³-hybridized carbons (Fsp3) is 0.667. The molecule has 1 spiro atoms. The van der Waals surface area contributed by atoms with Gasteiger partial charge in [-0.15, -0.1) is 0 Å². The normalized spacial score (nSPS) is 27.7. The van der Waals surface area contributed by atoms with E-state index in [1.54, 1.807) is 12.4 Å². The minimum Gasteiger partial charge on any atom is -0.380 e. The molecular formula is C18H25N3O2. The van der Waals surface area contributed by atoms with Crippen molar-refractivity contribution in [3.63, 3.8) is 0 Å². The molecule has 0 bridgehead atoms. The van der Waals surface area contributed by atoms with Crippen LogP contribution in [-0.2, 0) is 4.74 Å². The molecule has 4 rings (SSSR count). The van der Waals surface area contributed by atoms with Crippen LogP contribution >= 0.6 is 0 Å². The summed E-state index contributed by atoms with van der Waals surface area (Å²) in [6.07, 6.45) is 8.13. The molecule has 1 amide bonds. The van der Waals surface area contributed by atoms with Gasteiger partial charge >= 0.3 is 0 Å². The Bertz CT molecular complexity index is 549. The zero-order valence-electron chi connectivity index (χ0n) is 13.6. The van der Waals surface area contributed by atoms with Crippen LogP contribution < -0.4 is 0 Å². The molecule has 5 nitrogen and oxygen atoms in total. The molecular weight excluding hydrogens is 290 g/mol. The van der Waals surface area contributed by atoms with E-state index in [-0.39, 0.29) is 5.91 Å². The number of hydrogen-bond donors (Lipinski definition) is 0. The smallest absolute Gasteiger partial charge is 0.255 e. The van der Waals surface area contributed by atoms with E-state index in [2.05, 4.69) is 9.88 Å². The van der Waals surface area contributed by atoms with Crippen molar-refractivity contribution in [1.82, 2.24) is 14.8 Å². The van der Waals surface area contributed by atoms with Gasteiger partial charge in [-0.1, -0.05) is 0 Å². The van der Waals surface area contributed by atoms with Gasteiger partial charge in [-0.3, -0.25) is 14.7 Å². The lowest BCUT2D eigenvalue weighted by atomic mass is 9.77. The van der Waals surface area contributed by atoms with Gasteiger partial charge in [-0.2, -0.15) is 0 Å². The molecule has 5 heteroatoms. The van der Waals surface area contributed by atoms with Gasteiger partial charge in [-0.05, 0) is 56.3 Å². The summed E-state index contributed by atoms with van der Waals surface area (Å²) < 4.78 is 5.52. The third-order valence-electron chi connectivity index (χ3n) is 5.91. The van der Waals surface area contributed by atoms with Gasteiger partial charge in [0.1, 0.15) is 0 Å². The van der Waals surface area contributed by atoms with Gasteiger partial charge in [0.05, 0.1) is 12.2 Å². The van der Waals surface area contributed by atoms with Crippen molar-refractivity contribution in [3.8, 4) is 0 Å². The average Bonchev–Trinajstić information content (AvgIpc) is 3.27. The van der Waals surface area contributed by atoms with Crippen LogP contribution in [0.2, 0.25) is 0 Å². The molecule has 1 aromatic rings. The van der Waals surface area contributed by atoms with Gasteiger partial charge in [-0.25, -0.2) is 0 Å². The Kier molecular flexibility index (Phi) is 4.07. The molecule has 0 aliphatic carbocycles. The molecule has 0 aromatic carbocycles. The quantitative estimate of drug-likeness (QED) is 0.835. The molecule has 1 atom stereocenters. The van der Waals surface area contributed by atoms with Gasteiger partial charge in [0.15, 0.2) is 0 Å². The Balaban J connectivity index is 1.36. The van der Waals surface area contributed by atoms with Gasteiger partial charge in [0.2, 0.25) is 0 Å². The van der Waals surface area contributed by atoms with E-state index in [4.69, 9.17) is 4.74 Å². The highest BCUT2D eigenvalue weighted by molar-refractivity contribution is 5.94. The van der Waals surface area contributed by atoms with E-state index in [1.807, 2.05) is 17.0 Å². The van der Waals surface area contributed by atoms with Crippen molar-refractivity contribution in [2.45, 2.75) is 31.7 Å². The number of amides is 1. The first-order valence-electron chi connectivity index (χ1n) is 8.77. The van der Waals surface area contributed by atoms with E-state index < -0.39 is 0 Å². The first-order chi connectivity index (χ1) is 11.3. The summed E-state index contributed by atoms with van der Waals surface area (Å²) in [6, 6.07) is 4.33. The first kappa shape index (κ1) is 15.1. The zero-order chi connectivity index (χ0) is 15.7. The maximum absolute atomic E-state index is 12.6. The van der Waals surface area contributed by atoms with E-state index in [9.17, 15) is 4.79 Å². The van der Waals surface area contributed by atoms with Crippen LogP contribution in [0.1, 0.15) is 36.0 Å². The highest BCUT2D eigenvalue weighted by Gasteiger charge is 2.43. The molecule has 3 saturated heterocycles. The number of nitrogens with zero attached hydrogens (tertiary/aromatic N) is 3. The fourth-order valence-corrected chi connectivity index (χ4v) is 4.36. The average molecular weight is 315 g/mol. The number of rotatable bonds is 2. The number of carbonyl (C=O) groups is 1. The van der Waals surface area contributed by atoms with Crippen molar-refractivity contribution in [2.24, 2.45) is 5.41 Å². The fourth-order valence-electron chi connectivity index (χ4n) is 4.36. The van der Waals surface area contributed by atoms with E-state index in [0.717, 1.165) is 45.8 Å². The lowest BCUT2D eigenvalue weighted by molar-refractivity contribution is 0.0609. The van der Waals surface area contributed by atoms with Crippen LogP contribution in [0.25, 0.3) is 0 Å². The molecule has 0 saturated carbocycles. The second kappa shape index (κ2) is 6.21. The monoisotopic (exact) mass is 315 g/mol. The van der Waals surface area contributed by atoms with Crippen LogP contribution in [-0.4, -0.2) is 66.1 Å². The second-order valence-corrected chi connectivity index (χ2v) is 7.27. The predicted octanol–water partition coefficient (Wildman–Crippen LogP) is 1.80. The number of hydrogen-bond acceptors (Lipinski definition) is 4. The number of carbonyl (C=O) groups excluding carboxylic acids is 1. The number of ether oxygens (including phenoxy) is 1. The Labute approximate surface area is 137 Å². The standard InChI is InChI=1S/C18H25N3O2/c22-17(15-2-1-7-19-12-15)21-10-6-18(14-21)4-8-20(9-5-18)16-3-11-23-13-16/h1-2,7,12,16H,3-6,8-11,13-14H2. The van der Waals surface area contributed by atoms with Crippen LogP contribution in [0.5, 0.6) is 0 Å². The summed E-state index contributed by atoms with van der Waals surface area (Å²) in [4.78, 5) is 21.3. The highest BCUT2D eigenvalue weighted by Crippen LogP contribution is 2.41. The van der Waals surface area contributed by atoms with Crippen LogP contribution in [0.15, 0.2) is 24.5 Å². The van der Waals surface area contributed by atoms with Crippen molar-refractivity contribution in [2.75, 3.05) is 39.4 Å². The predicted molar refractivity (Wildman–Crippen MR) is 87.2 cm³/mol. The van der Waals surface area contributed by atoms with Crippen molar-refractivity contribution in [3.05, 3.63) is 30.1 Å². The van der Waals surface area contributed by atoms with Crippen LogP contribution in [0.4, 0.5) is 0 Å². The Morgan fingerprint density at radius 3 is 2.78 bits per heavy atom. The summed E-state index contributed by atoms with van der Waals surface area (Å²) in [5.74, 6) is 0.140. The van der Waals surface area contributed by atoms with E-state index in [1.165, 1.54) is 19.3 Å². The molecule has 1 aromatic heterocycles. The molecule has 23 heavy (non-hydrogen) atoms. The number of aromatic nitrogens is 1. The lowest BCUT2D eigenvalue weighted by Crippen LogP contribution is -2.46. The molecule has 3 fully saturated rings. The van der Waals surface area contributed by atoms with Crippen LogP contribution in [0.3, 0.4) is 0 Å². The molecule has 3 aliphatic rings. The largest absolute Gasteiger partial charge is 0.380 e. The summed E-state index contributed by atoms with van der Waals surface area (Å²) >= 11 is 0. The van der Waals surface area contributed by atoms with Gasteiger partial charge < -0.3 is 9.64 Å². The summed E-state index contributed by atoms with van der Waals surface area (Å²) in [5.41, 5.74) is 1.05. The third-order valence-corrected chi connectivity index (χ3v) is 5.91. The second-order valence-electron chi connectivity index (χ2n) is 7.27. The van der Waals surface area contributed by atoms with Gasteiger partial charge in [0.25, 0.3) is 5.91 Å². The SMILES string of the molecule is O=C(c1cccnc1)N1CCC2(CCN(C3CCOC3)CC2)C1. The zero-order valence-corrected chi connectivity index (χ0v) is 13.6. The maximum atomic E-state index is 12.6. The minimum absolute atomic E-state index is 0.140. The molecule has 0 radical (unpaired) electrons. The Morgan fingerprint density at radius 1 is 1.26 bits per heavy atom. The summed E-state index contributed by atoms with van der Waals surface area (Å²) in [6.45, 7) is 5.93.